The predicted octanol–water partition coefficient (Wildman–Crippen LogP) is 2.83. The van der Waals surface area contributed by atoms with Gasteiger partial charge in [-0.3, -0.25) is 4.98 Å². The molecule has 1 aliphatic rings. The molecule has 1 fully saturated rings. The van der Waals surface area contributed by atoms with Crippen molar-refractivity contribution >= 4 is 11.9 Å². The fraction of sp³-hybridized carbons (Fsp3) is 0.421. The second kappa shape index (κ2) is 7.70. The van der Waals surface area contributed by atoms with Crippen LogP contribution in [0.4, 0.5) is 10.6 Å². The molecule has 26 heavy (non-hydrogen) atoms. The van der Waals surface area contributed by atoms with Gasteiger partial charge in [-0.2, -0.15) is 0 Å². The zero-order chi connectivity index (χ0) is 18.6. The van der Waals surface area contributed by atoms with E-state index in [2.05, 4.69) is 15.3 Å². The fourth-order valence-electron chi connectivity index (χ4n) is 2.62. The minimum Gasteiger partial charge on any atom is -0.444 e. The van der Waals surface area contributed by atoms with Crippen molar-refractivity contribution in [2.24, 2.45) is 0 Å². The van der Waals surface area contributed by atoms with E-state index in [1.54, 1.807) is 6.20 Å². The molecule has 7 heteroatoms. The SMILES string of the molecule is CC(C)(C)OC(=O)NC[C@H]1CN(c2ccc(-c3cccnc3)cn2)CO1. The quantitative estimate of drug-likeness (QED) is 0.908. The number of carbonyl (C=O) groups is 1. The van der Waals surface area contributed by atoms with Crippen LogP contribution in [0.2, 0.25) is 0 Å². The van der Waals surface area contributed by atoms with Gasteiger partial charge in [-0.05, 0) is 39.0 Å². The Kier molecular flexibility index (Phi) is 5.37. The summed E-state index contributed by atoms with van der Waals surface area (Å²) in [6.45, 7) is 7.01. The first-order valence-electron chi connectivity index (χ1n) is 8.60. The first kappa shape index (κ1) is 18.1. The number of aromatic nitrogens is 2. The molecule has 0 saturated carbocycles. The van der Waals surface area contributed by atoms with Gasteiger partial charge in [-0.15, -0.1) is 0 Å². The van der Waals surface area contributed by atoms with E-state index in [-0.39, 0.29) is 6.10 Å². The Bertz CT molecular complexity index is 729. The van der Waals surface area contributed by atoms with Crippen LogP contribution in [0.1, 0.15) is 20.8 Å². The van der Waals surface area contributed by atoms with Crippen LogP contribution in [-0.2, 0) is 9.47 Å². The molecule has 1 saturated heterocycles. The number of hydrogen-bond acceptors (Lipinski definition) is 6. The Morgan fingerprint density at radius 2 is 2.12 bits per heavy atom. The topological polar surface area (TPSA) is 76.6 Å². The molecule has 0 aliphatic carbocycles. The van der Waals surface area contributed by atoms with Crippen LogP contribution in [0.15, 0.2) is 42.9 Å². The second-order valence-corrected chi connectivity index (χ2v) is 7.17. The number of hydrogen-bond donors (Lipinski definition) is 1. The third-order valence-electron chi connectivity index (χ3n) is 3.83. The lowest BCUT2D eigenvalue weighted by molar-refractivity contribution is 0.0475. The van der Waals surface area contributed by atoms with Crippen LogP contribution in [0.25, 0.3) is 11.1 Å². The minimum absolute atomic E-state index is 0.0951. The Balaban J connectivity index is 1.52. The molecular weight excluding hydrogens is 332 g/mol. The highest BCUT2D eigenvalue weighted by Crippen LogP contribution is 2.22. The Morgan fingerprint density at radius 3 is 2.77 bits per heavy atom. The van der Waals surface area contributed by atoms with E-state index in [9.17, 15) is 4.79 Å². The van der Waals surface area contributed by atoms with Gasteiger partial charge in [0.25, 0.3) is 0 Å². The van der Waals surface area contributed by atoms with Crippen LogP contribution in [0, 0.1) is 0 Å². The van der Waals surface area contributed by atoms with Crippen LogP contribution in [0.5, 0.6) is 0 Å². The third-order valence-corrected chi connectivity index (χ3v) is 3.83. The summed E-state index contributed by atoms with van der Waals surface area (Å²) in [7, 11) is 0. The molecule has 2 aromatic rings. The van der Waals surface area contributed by atoms with Gasteiger partial charge >= 0.3 is 6.09 Å². The zero-order valence-corrected chi connectivity index (χ0v) is 15.3. The van der Waals surface area contributed by atoms with E-state index in [0.717, 1.165) is 16.9 Å². The van der Waals surface area contributed by atoms with E-state index in [1.165, 1.54) is 0 Å². The molecule has 0 aromatic carbocycles. The molecule has 0 unspecified atom stereocenters. The number of nitrogens with zero attached hydrogens (tertiary/aromatic N) is 3. The van der Waals surface area contributed by atoms with Crippen molar-refractivity contribution in [1.82, 2.24) is 15.3 Å². The maximum absolute atomic E-state index is 11.7. The largest absolute Gasteiger partial charge is 0.444 e. The van der Waals surface area contributed by atoms with E-state index in [4.69, 9.17) is 9.47 Å². The summed E-state index contributed by atoms with van der Waals surface area (Å²) in [5, 5.41) is 2.74. The number of ether oxygens (including phenoxy) is 2. The Labute approximate surface area is 153 Å². The number of alkyl carbamates (subject to hydrolysis) is 1. The van der Waals surface area contributed by atoms with Gasteiger partial charge in [0, 0.05) is 42.8 Å². The highest BCUT2D eigenvalue weighted by atomic mass is 16.6. The first-order valence-corrected chi connectivity index (χ1v) is 8.60. The zero-order valence-electron chi connectivity index (χ0n) is 15.3. The van der Waals surface area contributed by atoms with E-state index in [0.29, 0.717) is 19.8 Å². The number of nitrogens with one attached hydrogen (secondary N) is 1. The second-order valence-electron chi connectivity index (χ2n) is 7.17. The van der Waals surface area contributed by atoms with Crippen molar-refractivity contribution in [3.05, 3.63) is 42.9 Å². The van der Waals surface area contributed by atoms with Crippen molar-refractivity contribution < 1.29 is 14.3 Å². The molecular formula is C19H24N4O3. The summed E-state index contributed by atoms with van der Waals surface area (Å²) in [5.74, 6) is 0.845. The highest BCUT2D eigenvalue weighted by molar-refractivity contribution is 5.67. The molecule has 2 aromatic heterocycles. The summed E-state index contributed by atoms with van der Waals surface area (Å²) in [6.07, 6.45) is 4.87. The number of carbonyl (C=O) groups excluding carboxylic acids is 1. The summed E-state index contributed by atoms with van der Waals surface area (Å²) >= 11 is 0. The molecule has 0 radical (unpaired) electrons. The van der Waals surface area contributed by atoms with Gasteiger partial charge in [0.2, 0.25) is 0 Å². The van der Waals surface area contributed by atoms with Crippen molar-refractivity contribution in [2.45, 2.75) is 32.5 Å². The number of anilines is 1. The standard InChI is InChI=1S/C19H24N4O3/c1-19(2,3)26-18(24)22-11-16-12-23(13-25-16)17-7-6-15(10-21-17)14-5-4-8-20-9-14/h4-10,16H,11-13H2,1-3H3,(H,22,24)/t16-/m0/s1. The van der Waals surface area contributed by atoms with E-state index >= 15 is 0 Å². The minimum atomic E-state index is -0.507. The summed E-state index contributed by atoms with van der Waals surface area (Å²) in [4.78, 5) is 22.4. The number of rotatable bonds is 4. The predicted molar refractivity (Wildman–Crippen MR) is 98.8 cm³/mol. The molecule has 3 heterocycles. The van der Waals surface area contributed by atoms with Crippen LogP contribution in [-0.4, -0.2) is 47.6 Å². The van der Waals surface area contributed by atoms with Gasteiger partial charge < -0.3 is 19.7 Å². The average molecular weight is 356 g/mol. The fourth-order valence-corrected chi connectivity index (χ4v) is 2.62. The van der Waals surface area contributed by atoms with Crippen molar-refractivity contribution in [3.63, 3.8) is 0 Å². The Morgan fingerprint density at radius 1 is 1.31 bits per heavy atom. The first-order chi connectivity index (χ1) is 12.4. The smallest absolute Gasteiger partial charge is 0.407 e. The van der Waals surface area contributed by atoms with Crippen molar-refractivity contribution in [2.75, 3.05) is 24.7 Å². The summed E-state index contributed by atoms with van der Waals surface area (Å²) in [6, 6.07) is 7.89. The maximum atomic E-state index is 11.7. The lowest BCUT2D eigenvalue weighted by atomic mass is 10.1. The van der Waals surface area contributed by atoms with Crippen molar-refractivity contribution in [1.29, 1.82) is 0 Å². The molecule has 0 spiro atoms. The van der Waals surface area contributed by atoms with E-state index in [1.807, 2.05) is 62.3 Å². The molecule has 138 valence electrons. The van der Waals surface area contributed by atoms with Crippen molar-refractivity contribution in [3.8, 4) is 11.1 Å². The highest BCUT2D eigenvalue weighted by Gasteiger charge is 2.25. The van der Waals surface area contributed by atoms with Gasteiger partial charge in [0.05, 0.1) is 6.10 Å². The van der Waals surface area contributed by atoms with Gasteiger partial charge in [-0.1, -0.05) is 6.07 Å². The van der Waals surface area contributed by atoms with Crippen LogP contribution < -0.4 is 10.2 Å². The van der Waals surface area contributed by atoms with Gasteiger partial charge in [0.15, 0.2) is 0 Å². The summed E-state index contributed by atoms with van der Waals surface area (Å²) in [5.41, 5.74) is 1.54. The molecule has 0 bridgehead atoms. The third kappa shape index (κ3) is 4.92. The normalized spacial score (nSPS) is 17.2. The molecule has 3 rings (SSSR count). The average Bonchev–Trinajstić information content (AvgIpc) is 3.08. The molecule has 7 nitrogen and oxygen atoms in total. The van der Waals surface area contributed by atoms with E-state index < -0.39 is 11.7 Å². The molecule has 1 amide bonds. The number of pyridine rings is 2. The van der Waals surface area contributed by atoms with Gasteiger partial charge in [-0.25, -0.2) is 9.78 Å². The van der Waals surface area contributed by atoms with Gasteiger partial charge in [0.1, 0.15) is 18.1 Å². The summed E-state index contributed by atoms with van der Waals surface area (Å²) < 4.78 is 10.9. The lowest BCUT2D eigenvalue weighted by Gasteiger charge is -2.20. The molecule has 1 aliphatic heterocycles. The Hall–Kier alpha value is -2.67. The maximum Gasteiger partial charge on any atom is 0.407 e. The van der Waals surface area contributed by atoms with Crippen LogP contribution in [0.3, 0.4) is 0 Å². The monoisotopic (exact) mass is 356 g/mol. The molecule has 1 N–H and O–H groups in total. The van der Waals surface area contributed by atoms with Crippen LogP contribution >= 0.6 is 0 Å². The molecule has 1 atom stereocenters. The lowest BCUT2D eigenvalue weighted by Crippen LogP contribution is -2.38. The number of amides is 1.